The van der Waals surface area contributed by atoms with Crippen molar-refractivity contribution in [1.82, 2.24) is 15.5 Å². The second kappa shape index (κ2) is 9.73. The van der Waals surface area contributed by atoms with Crippen molar-refractivity contribution in [2.75, 3.05) is 41.3 Å². The molecule has 0 bridgehead atoms. The summed E-state index contributed by atoms with van der Waals surface area (Å²) in [6.45, 7) is 7.71. The molecule has 1 aromatic carbocycles. The summed E-state index contributed by atoms with van der Waals surface area (Å²) in [6, 6.07) is 6.74. The molecule has 0 saturated carbocycles. The van der Waals surface area contributed by atoms with E-state index in [0.717, 1.165) is 5.56 Å². The minimum Gasteiger partial charge on any atom is -0.379 e. The number of benzene rings is 1. The van der Waals surface area contributed by atoms with Crippen LogP contribution in [0.15, 0.2) is 29.3 Å². The fourth-order valence-electron chi connectivity index (χ4n) is 2.66. The minimum atomic E-state index is -0.222. The number of ether oxygens (including phenoxy) is 1. The van der Waals surface area contributed by atoms with Crippen LogP contribution in [0.2, 0.25) is 0 Å². The molecule has 1 rings (SSSR count). The summed E-state index contributed by atoms with van der Waals surface area (Å²) in [6.07, 6.45) is 0.0684. The maximum Gasteiger partial charge on any atom is 0.191 e. The molecule has 0 aromatic heterocycles. The monoisotopic (exact) mass is 352 g/mol. The van der Waals surface area contributed by atoms with Crippen LogP contribution < -0.4 is 10.6 Å². The fourth-order valence-corrected chi connectivity index (χ4v) is 2.66. The Hall–Kier alpha value is -1.66. The summed E-state index contributed by atoms with van der Waals surface area (Å²) < 4.78 is 19.1. The SMILES string of the molecule is CN=C(NCC(c1cccc(F)c1)N(C)C)NCC(OC)C(C)(C)C. The van der Waals surface area contributed by atoms with Crippen molar-refractivity contribution in [3.05, 3.63) is 35.6 Å². The van der Waals surface area contributed by atoms with Crippen molar-refractivity contribution >= 4 is 5.96 Å². The largest absolute Gasteiger partial charge is 0.379 e. The van der Waals surface area contributed by atoms with Crippen LogP contribution in [0.4, 0.5) is 4.39 Å². The molecule has 5 nitrogen and oxygen atoms in total. The van der Waals surface area contributed by atoms with Crippen molar-refractivity contribution in [2.45, 2.75) is 32.9 Å². The fraction of sp³-hybridized carbons (Fsp3) is 0.632. The molecule has 0 aliphatic rings. The molecule has 25 heavy (non-hydrogen) atoms. The van der Waals surface area contributed by atoms with Gasteiger partial charge in [0.15, 0.2) is 5.96 Å². The second-order valence-corrected chi connectivity index (χ2v) is 7.46. The van der Waals surface area contributed by atoms with E-state index in [1.54, 1.807) is 26.3 Å². The molecular formula is C19H33FN4O. The maximum absolute atomic E-state index is 13.5. The van der Waals surface area contributed by atoms with Gasteiger partial charge in [-0.2, -0.15) is 0 Å². The third kappa shape index (κ3) is 7.00. The molecule has 0 saturated heterocycles. The van der Waals surface area contributed by atoms with Gasteiger partial charge in [-0.15, -0.1) is 0 Å². The van der Waals surface area contributed by atoms with Crippen molar-refractivity contribution in [2.24, 2.45) is 10.4 Å². The van der Waals surface area contributed by atoms with Gasteiger partial charge >= 0.3 is 0 Å². The summed E-state index contributed by atoms with van der Waals surface area (Å²) >= 11 is 0. The van der Waals surface area contributed by atoms with Crippen LogP contribution >= 0.6 is 0 Å². The number of aliphatic imine (C=N–C) groups is 1. The van der Waals surface area contributed by atoms with E-state index in [1.165, 1.54) is 6.07 Å². The quantitative estimate of drug-likeness (QED) is 0.585. The van der Waals surface area contributed by atoms with Gasteiger partial charge in [0.1, 0.15) is 5.82 Å². The number of halogens is 1. The zero-order valence-electron chi connectivity index (χ0n) is 16.6. The van der Waals surface area contributed by atoms with E-state index in [4.69, 9.17) is 4.74 Å². The van der Waals surface area contributed by atoms with Crippen LogP contribution in [0.1, 0.15) is 32.4 Å². The average Bonchev–Trinajstić information content (AvgIpc) is 2.52. The molecule has 0 spiro atoms. The number of likely N-dealkylation sites (N-methyl/N-ethyl adjacent to an activating group) is 1. The van der Waals surface area contributed by atoms with Gasteiger partial charge < -0.3 is 20.3 Å². The zero-order valence-corrected chi connectivity index (χ0v) is 16.6. The zero-order chi connectivity index (χ0) is 19.0. The Balaban J connectivity index is 2.68. The van der Waals surface area contributed by atoms with Crippen LogP contribution in [0.25, 0.3) is 0 Å². The van der Waals surface area contributed by atoms with E-state index < -0.39 is 0 Å². The highest BCUT2D eigenvalue weighted by molar-refractivity contribution is 5.79. The Morgan fingerprint density at radius 3 is 2.36 bits per heavy atom. The van der Waals surface area contributed by atoms with Gasteiger partial charge in [-0.05, 0) is 37.2 Å². The van der Waals surface area contributed by atoms with Gasteiger partial charge in [0, 0.05) is 27.2 Å². The Bertz CT molecular complexity index is 555. The molecule has 0 aliphatic carbocycles. The predicted octanol–water partition coefficient (Wildman–Crippen LogP) is 2.65. The third-order valence-corrected chi connectivity index (χ3v) is 4.25. The van der Waals surface area contributed by atoms with Crippen molar-refractivity contribution in [3.63, 3.8) is 0 Å². The molecule has 2 unspecified atom stereocenters. The molecule has 6 heteroatoms. The average molecular weight is 352 g/mol. The molecule has 0 amide bonds. The number of hydrogen-bond acceptors (Lipinski definition) is 3. The van der Waals surface area contributed by atoms with Gasteiger partial charge in [-0.3, -0.25) is 4.99 Å². The predicted molar refractivity (Wildman–Crippen MR) is 102 cm³/mol. The number of rotatable bonds is 7. The van der Waals surface area contributed by atoms with E-state index in [-0.39, 0.29) is 23.4 Å². The van der Waals surface area contributed by atoms with Crippen LogP contribution in [-0.2, 0) is 4.74 Å². The Labute approximate surface area is 151 Å². The first-order valence-corrected chi connectivity index (χ1v) is 8.58. The van der Waals surface area contributed by atoms with Gasteiger partial charge in [-0.25, -0.2) is 4.39 Å². The van der Waals surface area contributed by atoms with Gasteiger partial charge in [-0.1, -0.05) is 32.9 Å². The molecule has 2 atom stereocenters. The number of guanidine groups is 1. The van der Waals surface area contributed by atoms with Crippen molar-refractivity contribution < 1.29 is 9.13 Å². The first-order valence-electron chi connectivity index (χ1n) is 8.58. The highest BCUT2D eigenvalue weighted by Crippen LogP contribution is 2.21. The van der Waals surface area contributed by atoms with Gasteiger partial charge in [0.2, 0.25) is 0 Å². The molecule has 0 aliphatic heterocycles. The lowest BCUT2D eigenvalue weighted by molar-refractivity contribution is 0.0205. The lowest BCUT2D eigenvalue weighted by Crippen LogP contribution is -2.47. The number of nitrogens with zero attached hydrogens (tertiary/aromatic N) is 2. The molecule has 142 valence electrons. The first-order chi connectivity index (χ1) is 11.7. The normalized spacial score (nSPS) is 15.2. The van der Waals surface area contributed by atoms with Crippen LogP contribution in [0, 0.1) is 11.2 Å². The van der Waals surface area contributed by atoms with E-state index in [9.17, 15) is 4.39 Å². The maximum atomic E-state index is 13.5. The van der Waals surface area contributed by atoms with Crippen LogP contribution in [0.5, 0.6) is 0 Å². The van der Waals surface area contributed by atoms with Crippen LogP contribution in [0.3, 0.4) is 0 Å². The summed E-state index contributed by atoms with van der Waals surface area (Å²) in [5.74, 6) is 0.481. The number of nitrogens with one attached hydrogen (secondary N) is 2. The minimum absolute atomic E-state index is 0.0361. The third-order valence-electron chi connectivity index (χ3n) is 4.25. The van der Waals surface area contributed by atoms with Gasteiger partial charge in [0.25, 0.3) is 0 Å². The summed E-state index contributed by atoms with van der Waals surface area (Å²) in [4.78, 5) is 6.32. The van der Waals surface area contributed by atoms with Gasteiger partial charge in [0.05, 0.1) is 12.1 Å². The summed E-state index contributed by atoms with van der Waals surface area (Å²) in [5, 5.41) is 6.62. The molecule has 0 fully saturated rings. The molecule has 0 heterocycles. The lowest BCUT2D eigenvalue weighted by Gasteiger charge is -2.30. The van der Waals surface area contributed by atoms with Crippen LogP contribution in [-0.4, -0.2) is 58.3 Å². The smallest absolute Gasteiger partial charge is 0.191 e. The first kappa shape index (κ1) is 21.4. The Morgan fingerprint density at radius 2 is 1.88 bits per heavy atom. The lowest BCUT2D eigenvalue weighted by atomic mass is 9.89. The Kier molecular flexibility index (Phi) is 8.32. The summed E-state index contributed by atoms with van der Waals surface area (Å²) in [5.41, 5.74) is 0.964. The highest BCUT2D eigenvalue weighted by atomic mass is 19.1. The van der Waals surface area contributed by atoms with E-state index in [0.29, 0.717) is 19.0 Å². The topological polar surface area (TPSA) is 48.9 Å². The van der Waals surface area contributed by atoms with Crippen molar-refractivity contribution in [1.29, 1.82) is 0 Å². The van der Waals surface area contributed by atoms with E-state index in [2.05, 4.69) is 41.3 Å². The Morgan fingerprint density at radius 1 is 1.24 bits per heavy atom. The highest BCUT2D eigenvalue weighted by Gasteiger charge is 2.24. The molecule has 1 aromatic rings. The standard InChI is InChI=1S/C19H33FN4O/c1-19(2,3)17(25-7)13-23-18(21-4)22-12-16(24(5)6)14-9-8-10-15(20)11-14/h8-11,16-17H,12-13H2,1-7H3,(H2,21,22,23). The van der Waals surface area contributed by atoms with E-state index >= 15 is 0 Å². The number of hydrogen-bond donors (Lipinski definition) is 2. The second-order valence-electron chi connectivity index (χ2n) is 7.46. The summed E-state index contributed by atoms with van der Waals surface area (Å²) in [7, 11) is 7.42. The molecule has 2 N–H and O–H groups in total. The van der Waals surface area contributed by atoms with Crippen molar-refractivity contribution in [3.8, 4) is 0 Å². The van der Waals surface area contributed by atoms with E-state index in [1.807, 2.05) is 20.2 Å². The molecule has 0 radical (unpaired) electrons. The number of methoxy groups -OCH3 is 1. The molecular weight excluding hydrogens is 319 g/mol.